The van der Waals surface area contributed by atoms with Crippen molar-refractivity contribution in [2.24, 2.45) is 0 Å². The zero-order valence-electron chi connectivity index (χ0n) is 10.2. The molecular formula is C13H18BrNO2. The van der Waals surface area contributed by atoms with Crippen molar-refractivity contribution in [2.75, 3.05) is 18.0 Å². The van der Waals surface area contributed by atoms with E-state index in [0.29, 0.717) is 5.56 Å². The number of hydrogen-bond donors (Lipinski definition) is 1. The fourth-order valence-corrected chi connectivity index (χ4v) is 2.50. The second-order valence-electron chi connectivity index (χ2n) is 3.93. The van der Waals surface area contributed by atoms with E-state index in [1.807, 2.05) is 6.07 Å². The molecule has 0 fully saturated rings. The van der Waals surface area contributed by atoms with Gasteiger partial charge in [0.05, 0.1) is 11.3 Å². The first kappa shape index (κ1) is 14.0. The van der Waals surface area contributed by atoms with E-state index in [9.17, 15) is 9.90 Å². The van der Waals surface area contributed by atoms with E-state index in [4.69, 9.17) is 0 Å². The maximum absolute atomic E-state index is 11.2. The third-order valence-electron chi connectivity index (χ3n) is 2.52. The predicted octanol–water partition coefficient (Wildman–Crippen LogP) is 3.77. The van der Waals surface area contributed by atoms with Gasteiger partial charge in [0.2, 0.25) is 0 Å². The molecule has 0 aliphatic rings. The summed E-state index contributed by atoms with van der Waals surface area (Å²) in [6, 6.07) is 5.30. The Morgan fingerprint density at radius 3 is 2.35 bits per heavy atom. The van der Waals surface area contributed by atoms with Gasteiger partial charge in [-0.05, 0) is 40.9 Å². The van der Waals surface area contributed by atoms with Crippen LogP contribution in [0.4, 0.5) is 5.69 Å². The second-order valence-corrected chi connectivity index (χ2v) is 4.78. The number of anilines is 1. The minimum absolute atomic E-state index is 0.362. The van der Waals surface area contributed by atoms with Crippen LogP contribution in [0, 0.1) is 0 Å². The highest BCUT2D eigenvalue weighted by molar-refractivity contribution is 9.10. The molecule has 17 heavy (non-hydrogen) atoms. The van der Waals surface area contributed by atoms with Gasteiger partial charge < -0.3 is 10.0 Å². The van der Waals surface area contributed by atoms with Crippen LogP contribution in [0.5, 0.6) is 0 Å². The van der Waals surface area contributed by atoms with Crippen molar-refractivity contribution in [3.05, 3.63) is 28.2 Å². The Hall–Kier alpha value is -1.03. The normalized spacial score (nSPS) is 10.3. The average Bonchev–Trinajstić information content (AvgIpc) is 2.28. The molecule has 1 aromatic carbocycles. The summed E-state index contributed by atoms with van der Waals surface area (Å²) in [4.78, 5) is 13.4. The van der Waals surface area contributed by atoms with E-state index < -0.39 is 5.97 Å². The standard InChI is InChI=1S/C13H18BrNO2/c1-3-8-15(9-4-2)12-10(13(16)17)6-5-7-11(12)14/h5-7H,3-4,8-9H2,1-2H3,(H,16,17). The van der Waals surface area contributed by atoms with Crippen molar-refractivity contribution in [1.29, 1.82) is 0 Å². The number of hydrogen-bond acceptors (Lipinski definition) is 2. The fraction of sp³-hybridized carbons (Fsp3) is 0.462. The second kappa shape index (κ2) is 6.64. The van der Waals surface area contributed by atoms with Gasteiger partial charge >= 0.3 is 5.97 Å². The summed E-state index contributed by atoms with van der Waals surface area (Å²) >= 11 is 3.45. The van der Waals surface area contributed by atoms with Crippen LogP contribution in [-0.4, -0.2) is 24.2 Å². The number of carbonyl (C=O) groups is 1. The van der Waals surface area contributed by atoms with E-state index in [2.05, 4.69) is 34.7 Å². The van der Waals surface area contributed by atoms with Crippen LogP contribution < -0.4 is 4.90 Å². The highest BCUT2D eigenvalue weighted by atomic mass is 79.9. The molecule has 0 heterocycles. The smallest absolute Gasteiger partial charge is 0.337 e. The number of halogens is 1. The third-order valence-corrected chi connectivity index (χ3v) is 3.16. The van der Waals surface area contributed by atoms with Gasteiger partial charge in [-0.2, -0.15) is 0 Å². The van der Waals surface area contributed by atoms with Gasteiger partial charge in [0.15, 0.2) is 0 Å². The summed E-state index contributed by atoms with van der Waals surface area (Å²) in [5, 5.41) is 9.23. The first-order valence-electron chi connectivity index (χ1n) is 5.88. The molecule has 0 saturated carbocycles. The molecule has 0 amide bonds. The molecule has 0 aliphatic carbocycles. The molecule has 0 saturated heterocycles. The van der Waals surface area contributed by atoms with Crippen LogP contribution in [0.25, 0.3) is 0 Å². The number of aromatic carboxylic acids is 1. The highest BCUT2D eigenvalue weighted by Crippen LogP contribution is 2.30. The van der Waals surface area contributed by atoms with Gasteiger partial charge in [0.1, 0.15) is 0 Å². The largest absolute Gasteiger partial charge is 0.478 e. The lowest BCUT2D eigenvalue weighted by atomic mass is 10.1. The summed E-state index contributed by atoms with van der Waals surface area (Å²) in [7, 11) is 0. The average molecular weight is 300 g/mol. The molecule has 94 valence electrons. The Labute approximate surface area is 111 Å². The number of benzene rings is 1. The maximum Gasteiger partial charge on any atom is 0.337 e. The van der Waals surface area contributed by atoms with Crippen molar-refractivity contribution < 1.29 is 9.90 Å². The minimum Gasteiger partial charge on any atom is -0.478 e. The first-order chi connectivity index (χ1) is 8.11. The van der Waals surface area contributed by atoms with Gasteiger partial charge in [0, 0.05) is 17.6 Å². The monoisotopic (exact) mass is 299 g/mol. The van der Waals surface area contributed by atoms with Crippen LogP contribution in [0.1, 0.15) is 37.0 Å². The van der Waals surface area contributed by atoms with E-state index in [0.717, 1.165) is 36.1 Å². The van der Waals surface area contributed by atoms with Crippen LogP contribution in [0.15, 0.2) is 22.7 Å². The van der Waals surface area contributed by atoms with E-state index >= 15 is 0 Å². The quantitative estimate of drug-likeness (QED) is 0.869. The lowest BCUT2D eigenvalue weighted by Gasteiger charge is -2.26. The Morgan fingerprint density at radius 1 is 1.29 bits per heavy atom. The SMILES string of the molecule is CCCN(CCC)c1c(Br)cccc1C(=O)O. The fourth-order valence-electron chi connectivity index (χ4n) is 1.88. The molecular weight excluding hydrogens is 282 g/mol. The Morgan fingerprint density at radius 2 is 1.88 bits per heavy atom. The zero-order chi connectivity index (χ0) is 12.8. The Bertz CT molecular complexity index is 387. The van der Waals surface area contributed by atoms with Crippen LogP contribution in [0.3, 0.4) is 0 Å². The highest BCUT2D eigenvalue weighted by Gasteiger charge is 2.17. The van der Waals surface area contributed by atoms with Crippen LogP contribution in [0.2, 0.25) is 0 Å². The molecule has 0 unspecified atom stereocenters. The molecule has 1 N–H and O–H groups in total. The molecule has 0 atom stereocenters. The van der Waals surface area contributed by atoms with Crippen molar-refractivity contribution in [1.82, 2.24) is 0 Å². The third kappa shape index (κ3) is 3.46. The molecule has 1 aromatic rings. The minimum atomic E-state index is -0.876. The summed E-state index contributed by atoms with van der Waals surface area (Å²) in [5.41, 5.74) is 1.16. The number of carboxylic acids is 1. The number of nitrogens with zero attached hydrogens (tertiary/aromatic N) is 1. The molecule has 0 spiro atoms. The Kier molecular flexibility index (Phi) is 5.48. The lowest BCUT2D eigenvalue weighted by molar-refractivity contribution is 0.0697. The number of carboxylic acid groups (broad SMARTS) is 1. The zero-order valence-corrected chi connectivity index (χ0v) is 11.8. The molecule has 1 rings (SSSR count). The van der Waals surface area contributed by atoms with Crippen LogP contribution >= 0.6 is 15.9 Å². The summed E-state index contributed by atoms with van der Waals surface area (Å²) in [6.45, 7) is 5.94. The predicted molar refractivity (Wildman–Crippen MR) is 73.9 cm³/mol. The van der Waals surface area contributed by atoms with Crippen molar-refractivity contribution in [3.8, 4) is 0 Å². The summed E-state index contributed by atoms with van der Waals surface area (Å²) in [6.07, 6.45) is 2.00. The van der Waals surface area contributed by atoms with Gasteiger partial charge in [-0.15, -0.1) is 0 Å². The Balaban J connectivity index is 3.19. The van der Waals surface area contributed by atoms with Gasteiger partial charge in [-0.25, -0.2) is 4.79 Å². The molecule has 0 aliphatic heterocycles. The molecule has 3 nitrogen and oxygen atoms in total. The number of rotatable bonds is 6. The summed E-state index contributed by atoms with van der Waals surface area (Å²) in [5.74, 6) is -0.876. The lowest BCUT2D eigenvalue weighted by Crippen LogP contribution is -2.27. The molecule has 0 bridgehead atoms. The molecule has 4 heteroatoms. The van der Waals surface area contributed by atoms with E-state index in [1.165, 1.54) is 0 Å². The van der Waals surface area contributed by atoms with Crippen molar-refractivity contribution >= 4 is 27.6 Å². The van der Waals surface area contributed by atoms with Gasteiger partial charge in [-0.3, -0.25) is 0 Å². The van der Waals surface area contributed by atoms with E-state index in [-0.39, 0.29) is 0 Å². The van der Waals surface area contributed by atoms with Crippen LogP contribution in [-0.2, 0) is 0 Å². The first-order valence-corrected chi connectivity index (χ1v) is 6.67. The molecule has 0 radical (unpaired) electrons. The maximum atomic E-state index is 11.2. The van der Waals surface area contributed by atoms with Crippen molar-refractivity contribution in [3.63, 3.8) is 0 Å². The summed E-state index contributed by atoms with van der Waals surface area (Å²) < 4.78 is 0.847. The molecule has 0 aromatic heterocycles. The van der Waals surface area contributed by atoms with Crippen molar-refractivity contribution in [2.45, 2.75) is 26.7 Å². The van der Waals surface area contributed by atoms with E-state index in [1.54, 1.807) is 12.1 Å². The van der Waals surface area contributed by atoms with Gasteiger partial charge in [0.25, 0.3) is 0 Å². The topological polar surface area (TPSA) is 40.5 Å². The number of para-hydroxylation sites is 1. The van der Waals surface area contributed by atoms with Gasteiger partial charge in [-0.1, -0.05) is 19.9 Å².